The third-order valence-corrected chi connectivity index (χ3v) is 7.16. The molecule has 1 amide bonds. The first-order valence-corrected chi connectivity index (χ1v) is 12.2. The number of nitrogens with one attached hydrogen (secondary N) is 1. The SMILES string of the molecule is Cc1nn(-c2ccccc2)c2nc(N(C)CC(=O)NCc3ccc(N4CCOCC4)cc3)sc12. The van der Waals surface area contributed by atoms with Crippen molar-refractivity contribution in [3.8, 4) is 5.69 Å². The first-order valence-electron chi connectivity index (χ1n) is 11.4. The fourth-order valence-electron chi connectivity index (χ4n) is 4.02. The van der Waals surface area contributed by atoms with Crippen LogP contribution >= 0.6 is 11.3 Å². The molecule has 0 atom stereocenters. The van der Waals surface area contributed by atoms with Crippen molar-refractivity contribution < 1.29 is 9.53 Å². The smallest absolute Gasteiger partial charge is 0.239 e. The number of likely N-dealkylation sites (N-methyl/N-ethyl adjacent to an activating group) is 1. The van der Waals surface area contributed by atoms with Crippen molar-refractivity contribution in [3.05, 3.63) is 65.9 Å². The van der Waals surface area contributed by atoms with Crippen molar-refractivity contribution in [2.45, 2.75) is 13.5 Å². The number of hydrogen-bond donors (Lipinski definition) is 1. The van der Waals surface area contributed by atoms with E-state index in [9.17, 15) is 4.79 Å². The van der Waals surface area contributed by atoms with Crippen LogP contribution in [0.15, 0.2) is 54.6 Å². The van der Waals surface area contributed by atoms with Gasteiger partial charge in [-0.25, -0.2) is 4.68 Å². The molecule has 9 heteroatoms. The molecule has 0 radical (unpaired) electrons. The summed E-state index contributed by atoms with van der Waals surface area (Å²) in [7, 11) is 1.89. The number of carbonyl (C=O) groups excluding carboxylic acids is 1. The summed E-state index contributed by atoms with van der Waals surface area (Å²) in [6, 6.07) is 18.3. The number of carbonyl (C=O) groups is 1. The molecular formula is C25H28N6O2S. The number of anilines is 2. The predicted molar refractivity (Wildman–Crippen MR) is 136 cm³/mol. The Kier molecular flexibility index (Phi) is 6.46. The number of amides is 1. The molecule has 4 aromatic rings. The van der Waals surface area contributed by atoms with Gasteiger partial charge < -0.3 is 19.9 Å². The molecule has 34 heavy (non-hydrogen) atoms. The summed E-state index contributed by atoms with van der Waals surface area (Å²) in [5.74, 6) is -0.0413. The number of rotatable bonds is 7. The number of benzene rings is 2. The molecule has 3 heterocycles. The second-order valence-electron chi connectivity index (χ2n) is 8.38. The van der Waals surface area contributed by atoms with Gasteiger partial charge in [0.1, 0.15) is 0 Å². The van der Waals surface area contributed by atoms with Crippen LogP contribution in [-0.2, 0) is 16.1 Å². The van der Waals surface area contributed by atoms with Crippen LogP contribution in [0.3, 0.4) is 0 Å². The Morgan fingerprint density at radius 3 is 2.56 bits per heavy atom. The van der Waals surface area contributed by atoms with Gasteiger partial charge >= 0.3 is 0 Å². The molecule has 1 fully saturated rings. The number of aryl methyl sites for hydroxylation is 1. The molecule has 2 aromatic heterocycles. The first kappa shape index (κ1) is 22.4. The van der Waals surface area contributed by atoms with E-state index in [1.807, 2.05) is 53.9 Å². The molecule has 0 unspecified atom stereocenters. The van der Waals surface area contributed by atoms with Crippen LogP contribution in [0.5, 0.6) is 0 Å². The van der Waals surface area contributed by atoms with Crippen molar-refractivity contribution in [2.75, 3.05) is 49.7 Å². The van der Waals surface area contributed by atoms with E-state index < -0.39 is 0 Å². The number of morpholine rings is 1. The largest absolute Gasteiger partial charge is 0.378 e. The third-order valence-electron chi connectivity index (χ3n) is 5.89. The predicted octanol–water partition coefficient (Wildman–Crippen LogP) is 3.38. The fraction of sp³-hybridized carbons (Fsp3) is 0.320. The molecule has 8 nitrogen and oxygen atoms in total. The average Bonchev–Trinajstić information content (AvgIpc) is 3.45. The first-order chi connectivity index (χ1) is 16.6. The van der Waals surface area contributed by atoms with Crippen LogP contribution in [0, 0.1) is 6.92 Å². The van der Waals surface area contributed by atoms with Crippen LogP contribution in [0.1, 0.15) is 11.3 Å². The molecule has 0 aliphatic carbocycles. The molecular weight excluding hydrogens is 448 g/mol. The van der Waals surface area contributed by atoms with E-state index in [1.54, 1.807) is 11.3 Å². The van der Waals surface area contributed by atoms with Gasteiger partial charge in [-0.3, -0.25) is 4.79 Å². The average molecular weight is 477 g/mol. The van der Waals surface area contributed by atoms with E-state index in [0.717, 1.165) is 58.7 Å². The summed E-state index contributed by atoms with van der Waals surface area (Å²) in [5.41, 5.74) is 4.99. The van der Waals surface area contributed by atoms with E-state index in [1.165, 1.54) is 5.69 Å². The second-order valence-corrected chi connectivity index (χ2v) is 9.36. The highest BCUT2D eigenvalue weighted by Gasteiger charge is 2.18. The summed E-state index contributed by atoms with van der Waals surface area (Å²) in [5, 5.41) is 8.45. The van der Waals surface area contributed by atoms with Gasteiger partial charge in [-0.15, -0.1) is 0 Å². The van der Waals surface area contributed by atoms with E-state index in [4.69, 9.17) is 9.72 Å². The number of ether oxygens (including phenoxy) is 1. The third kappa shape index (κ3) is 4.76. The Bertz CT molecular complexity index is 1260. The Balaban J connectivity index is 1.20. The summed E-state index contributed by atoms with van der Waals surface area (Å²) >= 11 is 1.56. The van der Waals surface area contributed by atoms with Gasteiger partial charge in [0.15, 0.2) is 10.8 Å². The topological polar surface area (TPSA) is 75.5 Å². The lowest BCUT2D eigenvalue weighted by molar-refractivity contribution is -0.119. The van der Waals surface area contributed by atoms with Gasteiger partial charge in [0.25, 0.3) is 0 Å². The number of aromatic nitrogens is 3. The molecule has 0 saturated carbocycles. The second kappa shape index (κ2) is 9.82. The number of para-hydroxylation sites is 1. The summed E-state index contributed by atoms with van der Waals surface area (Å²) in [4.78, 5) is 21.6. The van der Waals surface area contributed by atoms with Crippen molar-refractivity contribution in [1.29, 1.82) is 0 Å². The maximum atomic E-state index is 12.6. The zero-order valence-corrected chi connectivity index (χ0v) is 20.2. The number of nitrogens with zero attached hydrogens (tertiary/aromatic N) is 5. The quantitative estimate of drug-likeness (QED) is 0.441. The van der Waals surface area contributed by atoms with Gasteiger partial charge in [0.2, 0.25) is 5.91 Å². The molecule has 2 aromatic carbocycles. The number of hydrogen-bond acceptors (Lipinski definition) is 7. The van der Waals surface area contributed by atoms with Gasteiger partial charge in [-0.1, -0.05) is 41.7 Å². The lowest BCUT2D eigenvalue weighted by Gasteiger charge is -2.28. The molecule has 5 rings (SSSR count). The Labute approximate surface area is 202 Å². The minimum Gasteiger partial charge on any atom is -0.378 e. The normalized spacial score (nSPS) is 13.9. The van der Waals surface area contributed by atoms with Gasteiger partial charge in [-0.2, -0.15) is 10.1 Å². The van der Waals surface area contributed by atoms with Crippen molar-refractivity contribution >= 4 is 38.4 Å². The van der Waals surface area contributed by atoms with E-state index in [2.05, 4.69) is 39.6 Å². The maximum Gasteiger partial charge on any atom is 0.239 e. The lowest BCUT2D eigenvalue weighted by Crippen LogP contribution is -2.36. The Hall–Kier alpha value is -3.43. The highest BCUT2D eigenvalue weighted by molar-refractivity contribution is 7.22. The fourth-order valence-corrected chi connectivity index (χ4v) is 4.97. The standard InChI is InChI=1S/C25H28N6O2S/c1-18-23-24(31(28-18)21-6-4-3-5-7-21)27-25(34-23)29(2)17-22(32)26-16-19-8-10-20(11-9-19)30-12-14-33-15-13-30/h3-11H,12-17H2,1-2H3,(H,26,32). The van der Waals surface area contributed by atoms with Gasteiger partial charge in [0.05, 0.1) is 35.8 Å². The van der Waals surface area contributed by atoms with Crippen molar-refractivity contribution in [2.24, 2.45) is 0 Å². The van der Waals surface area contributed by atoms with E-state index in [0.29, 0.717) is 6.54 Å². The van der Waals surface area contributed by atoms with Crippen LogP contribution in [0.2, 0.25) is 0 Å². The van der Waals surface area contributed by atoms with Gasteiger partial charge in [-0.05, 0) is 36.8 Å². The highest BCUT2D eigenvalue weighted by Crippen LogP contribution is 2.31. The number of thiazole rings is 1. The van der Waals surface area contributed by atoms with E-state index in [-0.39, 0.29) is 12.5 Å². The minimum absolute atomic E-state index is 0.0413. The monoisotopic (exact) mass is 476 g/mol. The molecule has 0 bridgehead atoms. The molecule has 0 spiro atoms. The summed E-state index contributed by atoms with van der Waals surface area (Å²) in [6.07, 6.45) is 0. The van der Waals surface area contributed by atoms with Crippen LogP contribution in [0.4, 0.5) is 10.8 Å². The minimum atomic E-state index is -0.0413. The zero-order chi connectivity index (χ0) is 23.5. The zero-order valence-electron chi connectivity index (χ0n) is 19.4. The molecule has 1 aliphatic rings. The number of fused-ring (bicyclic) bond motifs is 1. The Morgan fingerprint density at radius 2 is 1.82 bits per heavy atom. The van der Waals surface area contributed by atoms with Crippen LogP contribution < -0.4 is 15.1 Å². The van der Waals surface area contributed by atoms with Crippen molar-refractivity contribution in [3.63, 3.8) is 0 Å². The highest BCUT2D eigenvalue weighted by atomic mass is 32.1. The van der Waals surface area contributed by atoms with Gasteiger partial charge in [0, 0.05) is 32.4 Å². The molecule has 176 valence electrons. The molecule has 1 N–H and O–H groups in total. The molecule has 1 saturated heterocycles. The van der Waals surface area contributed by atoms with Crippen LogP contribution in [0.25, 0.3) is 16.0 Å². The summed E-state index contributed by atoms with van der Waals surface area (Å²) < 4.78 is 8.31. The lowest BCUT2D eigenvalue weighted by atomic mass is 10.2. The molecule has 1 aliphatic heterocycles. The van der Waals surface area contributed by atoms with E-state index >= 15 is 0 Å². The van der Waals surface area contributed by atoms with Crippen molar-refractivity contribution in [1.82, 2.24) is 20.1 Å². The maximum absolute atomic E-state index is 12.6. The summed E-state index contributed by atoms with van der Waals surface area (Å²) in [6.45, 7) is 6.08. The van der Waals surface area contributed by atoms with Crippen LogP contribution in [-0.4, -0.2) is 60.6 Å². The Morgan fingerprint density at radius 1 is 1.09 bits per heavy atom.